The Labute approximate surface area is 256 Å². The molecule has 0 atom stereocenters. The summed E-state index contributed by atoms with van der Waals surface area (Å²) in [5, 5.41) is 17.2. The van der Waals surface area contributed by atoms with Crippen LogP contribution < -0.4 is 16.0 Å². The molecular formula is C32H25ClFN3O5S. The lowest BCUT2D eigenvalue weighted by Gasteiger charge is -2.13. The number of benzene rings is 4. The first-order valence-electron chi connectivity index (χ1n) is 12.8. The first kappa shape index (κ1) is 31.0. The summed E-state index contributed by atoms with van der Waals surface area (Å²) in [5.41, 5.74) is 1.52. The fourth-order valence-electron chi connectivity index (χ4n) is 3.82. The minimum absolute atomic E-state index is 0.0121. The molecule has 43 heavy (non-hydrogen) atoms. The molecule has 0 fully saturated rings. The molecule has 0 heterocycles. The van der Waals surface area contributed by atoms with Crippen molar-refractivity contribution in [2.75, 3.05) is 16.4 Å². The van der Waals surface area contributed by atoms with E-state index in [-0.39, 0.29) is 33.5 Å². The zero-order chi connectivity index (χ0) is 30.9. The number of nitrogens with one attached hydrogen (secondary N) is 3. The smallest absolute Gasteiger partial charge is 0.335 e. The van der Waals surface area contributed by atoms with Crippen LogP contribution in [0, 0.1) is 12.7 Å². The van der Waals surface area contributed by atoms with Gasteiger partial charge in [-0.05, 0) is 73.2 Å². The van der Waals surface area contributed by atoms with Crippen LogP contribution in [0.5, 0.6) is 0 Å². The zero-order valence-electron chi connectivity index (χ0n) is 22.7. The summed E-state index contributed by atoms with van der Waals surface area (Å²) in [6.45, 7) is 1.76. The molecule has 4 N–H and O–H groups in total. The molecule has 0 bridgehead atoms. The highest BCUT2D eigenvalue weighted by Crippen LogP contribution is 2.25. The van der Waals surface area contributed by atoms with Crippen molar-refractivity contribution in [2.45, 2.75) is 11.8 Å². The Bertz CT molecular complexity index is 1710. The molecule has 11 heteroatoms. The Hall–Kier alpha value is -4.93. The Kier molecular flexibility index (Phi) is 10.3. The summed E-state index contributed by atoms with van der Waals surface area (Å²) >= 11 is 7.36. The normalized spacial score (nSPS) is 11.0. The van der Waals surface area contributed by atoms with Crippen molar-refractivity contribution < 1.29 is 28.7 Å². The molecule has 0 saturated carbocycles. The molecule has 0 aliphatic rings. The third-order valence-corrected chi connectivity index (χ3v) is 7.36. The lowest BCUT2D eigenvalue weighted by atomic mass is 10.1. The maximum Gasteiger partial charge on any atom is 0.335 e. The average molecular weight is 618 g/mol. The minimum atomic E-state index is -1.10. The maximum absolute atomic E-state index is 14.5. The fraction of sp³-hybridized carbons (Fsp3) is 0.0625. The summed E-state index contributed by atoms with van der Waals surface area (Å²) in [4.78, 5) is 50.7. The van der Waals surface area contributed by atoms with E-state index in [4.69, 9.17) is 11.6 Å². The van der Waals surface area contributed by atoms with E-state index in [9.17, 15) is 28.7 Å². The second-order valence-corrected chi connectivity index (χ2v) is 10.6. The van der Waals surface area contributed by atoms with Crippen LogP contribution in [0.3, 0.4) is 0 Å². The molecular weight excluding hydrogens is 593 g/mol. The Morgan fingerprint density at radius 3 is 2.35 bits per heavy atom. The van der Waals surface area contributed by atoms with E-state index in [0.29, 0.717) is 27.4 Å². The molecule has 4 aromatic carbocycles. The summed E-state index contributed by atoms with van der Waals surface area (Å²) in [7, 11) is 0. The number of anilines is 2. The van der Waals surface area contributed by atoms with Crippen LogP contribution in [0.1, 0.15) is 31.8 Å². The summed E-state index contributed by atoms with van der Waals surface area (Å²) in [6, 6.07) is 23.5. The van der Waals surface area contributed by atoms with Crippen molar-refractivity contribution in [3.8, 4) is 0 Å². The van der Waals surface area contributed by atoms with Crippen LogP contribution in [-0.4, -0.2) is 34.6 Å². The highest BCUT2D eigenvalue weighted by molar-refractivity contribution is 8.00. The van der Waals surface area contributed by atoms with Gasteiger partial charge in [0.1, 0.15) is 11.5 Å². The molecule has 0 radical (unpaired) electrons. The van der Waals surface area contributed by atoms with E-state index in [0.717, 1.165) is 6.08 Å². The highest BCUT2D eigenvalue weighted by atomic mass is 35.5. The second kappa shape index (κ2) is 14.3. The number of carboxylic acids is 1. The predicted octanol–water partition coefficient (Wildman–Crippen LogP) is 6.63. The van der Waals surface area contributed by atoms with E-state index in [1.165, 1.54) is 42.1 Å². The quantitative estimate of drug-likeness (QED) is 0.117. The van der Waals surface area contributed by atoms with Crippen LogP contribution in [0.25, 0.3) is 6.08 Å². The molecule has 0 spiro atoms. The van der Waals surface area contributed by atoms with Crippen LogP contribution in [0.2, 0.25) is 5.02 Å². The molecule has 0 aromatic heterocycles. The van der Waals surface area contributed by atoms with Crippen molar-refractivity contribution in [3.63, 3.8) is 0 Å². The Balaban J connectivity index is 1.48. The third kappa shape index (κ3) is 8.54. The predicted molar refractivity (Wildman–Crippen MR) is 166 cm³/mol. The van der Waals surface area contributed by atoms with Gasteiger partial charge in [-0.1, -0.05) is 48.0 Å². The fourth-order valence-corrected chi connectivity index (χ4v) is 4.79. The van der Waals surface area contributed by atoms with Gasteiger partial charge in [-0.25, -0.2) is 9.18 Å². The van der Waals surface area contributed by atoms with Crippen molar-refractivity contribution >= 4 is 64.5 Å². The third-order valence-electron chi connectivity index (χ3n) is 6.04. The van der Waals surface area contributed by atoms with Crippen molar-refractivity contribution in [1.82, 2.24) is 5.32 Å². The molecule has 0 unspecified atom stereocenters. The van der Waals surface area contributed by atoms with E-state index in [2.05, 4.69) is 16.0 Å². The number of carboxylic acid groups (broad SMARTS) is 1. The van der Waals surface area contributed by atoms with Crippen molar-refractivity contribution in [1.29, 1.82) is 0 Å². The number of thioether (sulfide) groups is 1. The van der Waals surface area contributed by atoms with Gasteiger partial charge >= 0.3 is 5.97 Å². The zero-order valence-corrected chi connectivity index (χ0v) is 24.3. The van der Waals surface area contributed by atoms with Crippen LogP contribution in [0.15, 0.2) is 102 Å². The van der Waals surface area contributed by atoms with Gasteiger partial charge in [-0.15, -0.1) is 11.8 Å². The Morgan fingerprint density at radius 1 is 0.884 bits per heavy atom. The number of aromatic carboxylic acids is 1. The number of aryl methyl sites for hydroxylation is 1. The van der Waals surface area contributed by atoms with E-state index >= 15 is 0 Å². The van der Waals surface area contributed by atoms with Crippen molar-refractivity contribution in [2.24, 2.45) is 0 Å². The molecule has 0 saturated heterocycles. The molecule has 4 rings (SSSR count). The number of amides is 3. The largest absolute Gasteiger partial charge is 0.478 e. The average Bonchev–Trinajstić information content (AvgIpc) is 2.99. The van der Waals surface area contributed by atoms with Crippen LogP contribution >= 0.6 is 23.4 Å². The Morgan fingerprint density at radius 2 is 1.63 bits per heavy atom. The number of halogens is 2. The monoisotopic (exact) mass is 617 g/mol. The van der Waals surface area contributed by atoms with E-state index in [1.807, 2.05) is 0 Å². The molecule has 8 nitrogen and oxygen atoms in total. The molecule has 4 aromatic rings. The summed E-state index contributed by atoms with van der Waals surface area (Å²) in [6.07, 6.45) is 1.16. The van der Waals surface area contributed by atoms with Gasteiger partial charge in [0.05, 0.1) is 16.3 Å². The first-order valence-corrected chi connectivity index (χ1v) is 14.2. The van der Waals surface area contributed by atoms with Crippen LogP contribution in [-0.2, 0) is 9.59 Å². The van der Waals surface area contributed by atoms with Gasteiger partial charge in [0, 0.05) is 27.4 Å². The van der Waals surface area contributed by atoms with Crippen LogP contribution in [0.4, 0.5) is 15.8 Å². The topological polar surface area (TPSA) is 125 Å². The SMILES string of the molecule is Cc1ccc(C(=O)O)cc1NC(=O)CSc1cccc(NC(=O)/C(=C\c2c(F)cccc2Cl)NC(=O)c2ccccc2)c1. The number of hydrogen-bond acceptors (Lipinski definition) is 5. The van der Waals surface area contributed by atoms with Gasteiger partial charge in [-0.2, -0.15) is 0 Å². The van der Waals surface area contributed by atoms with Gasteiger partial charge in [0.2, 0.25) is 5.91 Å². The highest BCUT2D eigenvalue weighted by Gasteiger charge is 2.17. The minimum Gasteiger partial charge on any atom is -0.478 e. The first-order chi connectivity index (χ1) is 20.6. The van der Waals surface area contributed by atoms with Gasteiger partial charge in [0.15, 0.2) is 0 Å². The summed E-state index contributed by atoms with van der Waals surface area (Å²) in [5.74, 6) is -3.41. The summed E-state index contributed by atoms with van der Waals surface area (Å²) < 4.78 is 14.5. The van der Waals surface area contributed by atoms with E-state index in [1.54, 1.807) is 67.6 Å². The van der Waals surface area contributed by atoms with Crippen molar-refractivity contribution in [3.05, 3.63) is 130 Å². The second-order valence-electron chi connectivity index (χ2n) is 9.17. The lowest BCUT2D eigenvalue weighted by molar-refractivity contribution is -0.114. The molecule has 0 aliphatic heterocycles. The van der Waals surface area contributed by atoms with E-state index < -0.39 is 23.6 Å². The maximum atomic E-state index is 14.5. The lowest BCUT2D eigenvalue weighted by Crippen LogP contribution is -2.30. The van der Waals surface area contributed by atoms with Gasteiger partial charge in [0.25, 0.3) is 11.8 Å². The van der Waals surface area contributed by atoms with Gasteiger partial charge in [-0.3, -0.25) is 14.4 Å². The number of carbonyl (C=O) groups excluding carboxylic acids is 3. The molecule has 0 aliphatic carbocycles. The number of hydrogen-bond donors (Lipinski definition) is 4. The van der Waals surface area contributed by atoms with Gasteiger partial charge < -0.3 is 21.1 Å². The number of carbonyl (C=O) groups is 4. The molecule has 218 valence electrons. The number of rotatable bonds is 10. The standard InChI is InChI=1S/C32H25ClFN3O5S/c1-19-13-14-21(32(41)42)15-27(19)36-29(38)18-43-23-10-5-9-22(16-23)35-31(40)28(17-24-25(33)11-6-12-26(24)34)37-30(39)20-7-3-2-4-8-20/h2-17H,18H2,1H3,(H,35,40)(H,36,38)(H,37,39)(H,41,42)/b28-17+. The molecule has 3 amide bonds.